The topological polar surface area (TPSA) is 104 Å². The summed E-state index contributed by atoms with van der Waals surface area (Å²) in [6, 6.07) is 12.2. The maximum atomic E-state index is 11.9. The highest BCUT2D eigenvalue weighted by atomic mass is 16.4. The summed E-state index contributed by atoms with van der Waals surface area (Å²) in [4.78, 5) is 34.6. The van der Waals surface area contributed by atoms with Gasteiger partial charge in [0, 0.05) is 18.4 Å². The zero-order chi connectivity index (χ0) is 16.8. The van der Waals surface area contributed by atoms with E-state index in [-0.39, 0.29) is 35.6 Å². The van der Waals surface area contributed by atoms with Crippen molar-refractivity contribution in [2.75, 3.05) is 5.32 Å². The largest absolute Gasteiger partial charge is 0.506 e. The molecule has 0 unspecified atom stereocenters. The quantitative estimate of drug-likeness (QED) is 0.562. The second kappa shape index (κ2) is 7.22. The van der Waals surface area contributed by atoms with Crippen molar-refractivity contribution in [3.8, 4) is 5.75 Å². The van der Waals surface area contributed by atoms with Crippen LogP contribution in [0.4, 0.5) is 5.69 Å². The second-order valence-corrected chi connectivity index (χ2v) is 4.87. The molecule has 0 saturated heterocycles. The maximum Gasteiger partial charge on any atom is 0.335 e. The van der Waals surface area contributed by atoms with E-state index in [0.29, 0.717) is 5.56 Å². The number of anilines is 1. The fraction of sp³-hybridized carbons (Fsp3) is 0.118. The van der Waals surface area contributed by atoms with E-state index in [1.807, 2.05) is 0 Å². The van der Waals surface area contributed by atoms with Crippen molar-refractivity contribution in [2.45, 2.75) is 12.8 Å². The van der Waals surface area contributed by atoms with Crippen molar-refractivity contribution in [2.24, 2.45) is 0 Å². The predicted molar refractivity (Wildman–Crippen MR) is 83.7 cm³/mol. The summed E-state index contributed by atoms with van der Waals surface area (Å²) < 4.78 is 0. The number of nitrogens with one attached hydrogen (secondary N) is 1. The molecule has 6 nitrogen and oxygen atoms in total. The summed E-state index contributed by atoms with van der Waals surface area (Å²) in [5, 5.41) is 21.0. The van der Waals surface area contributed by atoms with Crippen LogP contribution in [-0.2, 0) is 4.79 Å². The van der Waals surface area contributed by atoms with E-state index in [9.17, 15) is 19.5 Å². The number of carboxylic acids is 1. The average molecular weight is 313 g/mol. The molecule has 2 aromatic rings. The molecule has 0 atom stereocenters. The first-order valence-corrected chi connectivity index (χ1v) is 6.92. The normalized spacial score (nSPS) is 10.1. The molecule has 0 aliphatic heterocycles. The summed E-state index contributed by atoms with van der Waals surface area (Å²) in [6.45, 7) is 0. The summed E-state index contributed by atoms with van der Waals surface area (Å²) in [7, 11) is 0. The fourth-order valence-electron chi connectivity index (χ4n) is 1.98. The highest BCUT2D eigenvalue weighted by Crippen LogP contribution is 2.24. The smallest absolute Gasteiger partial charge is 0.335 e. The fourth-order valence-corrected chi connectivity index (χ4v) is 1.98. The Kier molecular flexibility index (Phi) is 5.09. The number of phenolic OH excluding ortho intramolecular Hbond substituents is 1. The molecule has 0 heterocycles. The van der Waals surface area contributed by atoms with Gasteiger partial charge < -0.3 is 15.5 Å². The number of aromatic carboxylic acids is 1. The molecule has 0 aromatic heterocycles. The van der Waals surface area contributed by atoms with Crippen LogP contribution in [0.15, 0.2) is 48.5 Å². The minimum absolute atomic E-state index is 0.00191. The molecule has 0 radical (unpaired) electrons. The van der Waals surface area contributed by atoms with E-state index >= 15 is 0 Å². The molecule has 0 aliphatic rings. The molecule has 0 fully saturated rings. The Morgan fingerprint density at radius 3 is 2.26 bits per heavy atom. The van der Waals surface area contributed by atoms with Gasteiger partial charge in [0.05, 0.1) is 11.3 Å². The molecule has 0 spiro atoms. The second-order valence-electron chi connectivity index (χ2n) is 4.87. The lowest BCUT2D eigenvalue weighted by Crippen LogP contribution is -2.14. The van der Waals surface area contributed by atoms with Gasteiger partial charge in [0.25, 0.3) is 0 Å². The Morgan fingerprint density at radius 2 is 1.61 bits per heavy atom. The van der Waals surface area contributed by atoms with E-state index in [1.54, 1.807) is 30.3 Å². The third-order valence-electron chi connectivity index (χ3n) is 3.19. The number of carboxylic acid groups (broad SMARTS) is 1. The molecule has 118 valence electrons. The molecule has 1 amide bonds. The molecular weight excluding hydrogens is 298 g/mol. The Bertz CT molecular complexity index is 740. The minimum atomic E-state index is -1.17. The van der Waals surface area contributed by atoms with Crippen LogP contribution in [0.1, 0.15) is 33.6 Å². The predicted octanol–water partition coefficient (Wildman–Crippen LogP) is 2.69. The van der Waals surface area contributed by atoms with Crippen molar-refractivity contribution in [3.05, 3.63) is 59.7 Å². The lowest BCUT2D eigenvalue weighted by Gasteiger charge is -2.08. The number of benzene rings is 2. The van der Waals surface area contributed by atoms with Crippen LogP contribution in [0.3, 0.4) is 0 Å². The summed E-state index contributed by atoms with van der Waals surface area (Å²) in [5.41, 5.74) is 0.469. The number of amides is 1. The third kappa shape index (κ3) is 4.41. The Balaban J connectivity index is 1.96. The molecule has 0 saturated carbocycles. The van der Waals surface area contributed by atoms with Crippen LogP contribution < -0.4 is 5.32 Å². The zero-order valence-electron chi connectivity index (χ0n) is 12.2. The number of rotatable bonds is 6. The van der Waals surface area contributed by atoms with Gasteiger partial charge in [0.15, 0.2) is 5.78 Å². The van der Waals surface area contributed by atoms with Crippen molar-refractivity contribution in [3.63, 3.8) is 0 Å². The van der Waals surface area contributed by atoms with Gasteiger partial charge in [0.2, 0.25) is 5.91 Å². The first-order valence-electron chi connectivity index (χ1n) is 6.92. The van der Waals surface area contributed by atoms with Crippen LogP contribution in [0.5, 0.6) is 5.75 Å². The standard InChI is InChI=1S/C17H15NO5/c19-14(11-4-2-1-3-5-11)8-9-16(21)18-13-10-12(17(22)23)6-7-15(13)20/h1-7,10,20H,8-9H2,(H,18,21)(H,22,23). The number of carbonyl (C=O) groups excluding carboxylic acids is 2. The highest BCUT2D eigenvalue weighted by Gasteiger charge is 2.12. The Morgan fingerprint density at radius 1 is 0.913 bits per heavy atom. The van der Waals surface area contributed by atoms with Gasteiger partial charge in [-0.2, -0.15) is 0 Å². The molecule has 0 bridgehead atoms. The minimum Gasteiger partial charge on any atom is -0.506 e. The third-order valence-corrected chi connectivity index (χ3v) is 3.19. The number of Topliss-reactive ketones (excluding diaryl/α,β-unsaturated/α-hetero) is 1. The van der Waals surface area contributed by atoms with Gasteiger partial charge in [-0.1, -0.05) is 30.3 Å². The van der Waals surface area contributed by atoms with Gasteiger partial charge in [-0.15, -0.1) is 0 Å². The molecular formula is C17H15NO5. The van der Waals surface area contributed by atoms with Crippen LogP contribution in [0.25, 0.3) is 0 Å². The van der Waals surface area contributed by atoms with Crippen LogP contribution in [0, 0.1) is 0 Å². The van der Waals surface area contributed by atoms with Crippen LogP contribution in [-0.4, -0.2) is 27.9 Å². The summed E-state index contributed by atoms with van der Waals surface area (Å²) in [6.07, 6.45) is -0.0420. The van der Waals surface area contributed by atoms with Gasteiger partial charge in [0.1, 0.15) is 5.75 Å². The average Bonchev–Trinajstić information content (AvgIpc) is 2.55. The van der Waals surface area contributed by atoms with E-state index in [2.05, 4.69) is 5.32 Å². The van der Waals surface area contributed by atoms with Crippen molar-refractivity contribution in [1.82, 2.24) is 0 Å². The van der Waals surface area contributed by atoms with Crippen molar-refractivity contribution < 1.29 is 24.6 Å². The lowest BCUT2D eigenvalue weighted by atomic mass is 10.1. The SMILES string of the molecule is O=C(CCC(=O)c1ccccc1)Nc1cc(C(=O)O)ccc1O. The first-order chi connectivity index (χ1) is 11.0. The molecule has 3 N–H and O–H groups in total. The van der Waals surface area contributed by atoms with Crippen LogP contribution in [0.2, 0.25) is 0 Å². The maximum absolute atomic E-state index is 11.9. The van der Waals surface area contributed by atoms with E-state index in [0.717, 1.165) is 6.07 Å². The Labute approximate surface area is 132 Å². The first kappa shape index (κ1) is 16.2. The molecule has 2 rings (SSSR count). The van der Waals surface area contributed by atoms with E-state index in [1.165, 1.54) is 12.1 Å². The van der Waals surface area contributed by atoms with E-state index < -0.39 is 11.9 Å². The monoisotopic (exact) mass is 313 g/mol. The Hall–Kier alpha value is -3.15. The number of carbonyl (C=O) groups is 3. The van der Waals surface area contributed by atoms with Crippen molar-refractivity contribution in [1.29, 1.82) is 0 Å². The summed E-state index contributed by atoms with van der Waals surface area (Å²) in [5.74, 6) is -2.05. The number of ketones is 1. The number of hydrogen-bond acceptors (Lipinski definition) is 4. The van der Waals surface area contributed by atoms with Gasteiger partial charge >= 0.3 is 5.97 Å². The highest BCUT2D eigenvalue weighted by molar-refractivity contribution is 6.00. The molecule has 6 heteroatoms. The molecule has 2 aromatic carbocycles. The lowest BCUT2D eigenvalue weighted by molar-refractivity contribution is -0.116. The molecule has 0 aliphatic carbocycles. The number of phenols is 1. The van der Waals surface area contributed by atoms with Crippen LogP contribution >= 0.6 is 0 Å². The molecule has 23 heavy (non-hydrogen) atoms. The summed E-state index contributed by atoms with van der Waals surface area (Å²) >= 11 is 0. The van der Waals surface area contributed by atoms with E-state index in [4.69, 9.17) is 5.11 Å². The van der Waals surface area contributed by atoms with Crippen molar-refractivity contribution >= 4 is 23.3 Å². The number of aromatic hydroxyl groups is 1. The van der Waals surface area contributed by atoms with Gasteiger partial charge in [-0.05, 0) is 18.2 Å². The van der Waals surface area contributed by atoms with Gasteiger partial charge in [-0.25, -0.2) is 4.79 Å². The van der Waals surface area contributed by atoms with Gasteiger partial charge in [-0.3, -0.25) is 9.59 Å². The number of hydrogen-bond donors (Lipinski definition) is 3. The zero-order valence-corrected chi connectivity index (χ0v) is 12.2.